The van der Waals surface area contributed by atoms with Crippen LogP contribution < -0.4 is 11.1 Å². The van der Waals surface area contributed by atoms with Gasteiger partial charge in [-0.05, 0) is 89.7 Å². The molecule has 11 heteroatoms. The number of amides is 1. The molecular weight excluding hydrogens is 616 g/mol. The van der Waals surface area contributed by atoms with Crippen LogP contribution in [0.5, 0.6) is 0 Å². The molecule has 0 heterocycles. The van der Waals surface area contributed by atoms with Crippen LogP contribution in [0.1, 0.15) is 57.8 Å². The van der Waals surface area contributed by atoms with Gasteiger partial charge in [-0.2, -0.15) is 0 Å². The Morgan fingerprint density at radius 1 is 1.00 bits per heavy atom. The summed E-state index contributed by atoms with van der Waals surface area (Å²) in [6.45, 7) is 8.77. The van der Waals surface area contributed by atoms with E-state index < -0.39 is 29.4 Å². The summed E-state index contributed by atoms with van der Waals surface area (Å²) in [5, 5.41) is 2.69. The Kier molecular flexibility index (Phi) is 13.0. The van der Waals surface area contributed by atoms with Gasteiger partial charge in [0, 0.05) is 6.04 Å². The van der Waals surface area contributed by atoms with Gasteiger partial charge < -0.3 is 15.8 Å². The predicted molar refractivity (Wildman–Crippen MR) is 136 cm³/mol. The van der Waals surface area contributed by atoms with Crippen LogP contribution in [-0.2, 0) is 4.74 Å². The Morgan fingerprint density at radius 2 is 1.41 bits per heavy atom. The summed E-state index contributed by atoms with van der Waals surface area (Å²) in [7, 11) is 0. The second kappa shape index (κ2) is 13.3. The molecule has 1 amide bonds. The van der Waals surface area contributed by atoms with Crippen molar-refractivity contribution in [3.8, 4) is 0 Å². The average Bonchev–Trinajstić information content (AvgIpc) is 2.62. The molecule has 32 heavy (non-hydrogen) atoms. The Morgan fingerprint density at radius 3 is 1.81 bits per heavy atom. The van der Waals surface area contributed by atoms with E-state index in [0.29, 0.717) is 15.6 Å². The van der Waals surface area contributed by atoms with Gasteiger partial charge in [-0.1, -0.05) is 35.3 Å². The third kappa shape index (κ3) is 9.31. The second-order valence-electron chi connectivity index (χ2n) is 7.69. The van der Waals surface area contributed by atoms with Gasteiger partial charge >= 0.3 is 6.09 Å². The second-order valence-corrected chi connectivity index (χ2v) is 10.2. The molecule has 4 nitrogen and oxygen atoms in total. The first-order chi connectivity index (χ1) is 14.2. The van der Waals surface area contributed by atoms with Crippen molar-refractivity contribution < 1.29 is 18.3 Å². The molecule has 2 aromatic carbocycles. The van der Waals surface area contributed by atoms with Crippen LogP contribution in [-0.4, -0.2) is 11.7 Å². The highest BCUT2D eigenvalue weighted by atomic mass is 79.9. The molecule has 0 aromatic heterocycles. The van der Waals surface area contributed by atoms with Crippen LogP contribution >= 0.6 is 67.5 Å². The third-order valence-electron chi connectivity index (χ3n) is 3.82. The van der Waals surface area contributed by atoms with Crippen molar-refractivity contribution in [2.75, 3.05) is 0 Å². The van der Waals surface area contributed by atoms with E-state index in [1.807, 2.05) is 0 Å². The maximum absolute atomic E-state index is 13.6. The molecule has 0 aliphatic heterocycles. The van der Waals surface area contributed by atoms with Crippen molar-refractivity contribution >= 4 is 73.6 Å². The van der Waals surface area contributed by atoms with E-state index >= 15 is 0 Å². The fourth-order valence-corrected chi connectivity index (χ4v) is 3.88. The van der Waals surface area contributed by atoms with Gasteiger partial charge in [-0.25, -0.2) is 13.6 Å². The number of ether oxygens (including phenoxy) is 1. The van der Waals surface area contributed by atoms with E-state index in [1.165, 1.54) is 0 Å². The lowest BCUT2D eigenvalue weighted by molar-refractivity contribution is 0.0508. The van der Waals surface area contributed by atoms with E-state index in [2.05, 4.69) is 37.2 Å². The first-order valence-corrected chi connectivity index (χ1v) is 11.5. The molecule has 0 unspecified atom stereocenters. The Balaban J connectivity index is 0.000000639. The van der Waals surface area contributed by atoms with Gasteiger partial charge in [0.2, 0.25) is 0 Å². The molecule has 0 spiro atoms. The Labute approximate surface area is 220 Å². The molecule has 0 saturated heterocycles. The first kappa shape index (κ1) is 31.4. The lowest BCUT2D eigenvalue weighted by atomic mass is 10.1. The molecule has 0 aliphatic carbocycles. The van der Waals surface area contributed by atoms with Crippen LogP contribution in [0.4, 0.5) is 13.6 Å². The summed E-state index contributed by atoms with van der Waals surface area (Å²) in [6.07, 6.45) is -0.570. The number of nitrogens with one attached hydrogen (secondary N) is 1. The average molecular weight is 642 g/mol. The molecule has 0 aliphatic rings. The molecule has 2 rings (SSSR count). The summed E-state index contributed by atoms with van der Waals surface area (Å²) >= 11 is 17.7. The van der Waals surface area contributed by atoms with E-state index in [4.69, 9.17) is 33.7 Å². The largest absolute Gasteiger partial charge is 0.444 e. The van der Waals surface area contributed by atoms with Gasteiger partial charge in [0.15, 0.2) is 11.6 Å². The zero-order valence-corrected chi connectivity index (χ0v) is 23.5. The summed E-state index contributed by atoms with van der Waals surface area (Å²) < 4.78 is 32.5. The molecular formula is C21H25Br2Cl3F2N2O2. The van der Waals surface area contributed by atoms with E-state index in [1.54, 1.807) is 58.9 Å². The first-order valence-electron chi connectivity index (χ1n) is 9.17. The van der Waals surface area contributed by atoms with Gasteiger partial charge in [0.1, 0.15) is 5.60 Å². The van der Waals surface area contributed by atoms with Crippen LogP contribution in [0.15, 0.2) is 33.2 Å². The van der Waals surface area contributed by atoms with Crippen molar-refractivity contribution in [1.82, 2.24) is 5.32 Å². The summed E-state index contributed by atoms with van der Waals surface area (Å²) in [4.78, 5) is 11.6. The quantitative estimate of drug-likeness (QED) is 0.331. The highest BCUT2D eigenvalue weighted by Gasteiger charge is 2.21. The lowest BCUT2D eigenvalue weighted by Crippen LogP contribution is -2.34. The monoisotopic (exact) mass is 638 g/mol. The topological polar surface area (TPSA) is 64.3 Å². The number of alkyl carbamates (subject to hydrolysis) is 1. The number of benzene rings is 2. The Bertz CT molecular complexity index is 942. The minimum Gasteiger partial charge on any atom is -0.444 e. The molecule has 2 aromatic rings. The molecule has 2 atom stereocenters. The van der Waals surface area contributed by atoms with Gasteiger partial charge in [-0.15, -0.1) is 12.4 Å². The number of carbonyl (C=O) groups is 1. The molecule has 0 radical (unpaired) electrons. The highest BCUT2D eigenvalue weighted by Crippen LogP contribution is 2.31. The van der Waals surface area contributed by atoms with E-state index in [0.717, 1.165) is 0 Å². The SMILES string of the molecule is C[C@@H](N)c1ccc(Br)c(F)c1Cl.C[C@@H](NC(=O)OC(C)(C)C)c1ccc(Br)c(F)c1Cl.Cl. The molecule has 0 fully saturated rings. The maximum atomic E-state index is 13.6. The van der Waals surface area contributed by atoms with Crippen molar-refractivity contribution in [3.05, 3.63) is 66.0 Å². The fraction of sp³-hybridized carbons (Fsp3) is 0.381. The standard InChI is InChI=1S/C13H16BrClFNO2.C8H8BrClFN.ClH/c1-7(17-12(18)19-13(2,3)4)8-5-6-9(14)11(16)10(8)15;1-4(12)5-2-3-6(9)8(11)7(5)10;/h5-7H,1-4H3,(H,17,18);2-4H,12H2,1H3;1H/t7-;4-;/m11./s1. The zero-order valence-electron chi connectivity index (χ0n) is 18.0. The minimum absolute atomic E-state index is 0. The fourth-order valence-electron chi connectivity index (χ4n) is 2.33. The summed E-state index contributed by atoms with van der Waals surface area (Å²) in [5.74, 6) is -0.997. The predicted octanol–water partition coefficient (Wildman–Crippen LogP) is 8.51. The van der Waals surface area contributed by atoms with Gasteiger partial charge in [-0.3, -0.25) is 0 Å². The van der Waals surface area contributed by atoms with Gasteiger partial charge in [0.25, 0.3) is 0 Å². The normalized spacial score (nSPS) is 12.6. The molecule has 0 saturated carbocycles. The highest BCUT2D eigenvalue weighted by molar-refractivity contribution is 9.10. The van der Waals surface area contributed by atoms with E-state index in [9.17, 15) is 13.6 Å². The number of rotatable bonds is 3. The number of carbonyl (C=O) groups excluding carboxylic acids is 1. The van der Waals surface area contributed by atoms with Crippen molar-refractivity contribution in [2.24, 2.45) is 5.73 Å². The third-order valence-corrected chi connectivity index (χ3v) is 5.81. The number of hydrogen-bond donors (Lipinski definition) is 2. The number of nitrogens with two attached hydrogens (primary N) is 1. The molecule has 0 bridgehead atoms. The maximum Gasteiger partial charge on any atom is 0.408 e. The smallest absolute Gasteiger partial charge is 0.408 e. The Hall–Kier alpha value is -0.640. The van der Waals surface area contributed by atoms with Crippen LogP contribution in [0, 0.1) is 11.6 Å². The number of halogens is 7. The van der Waals surface area contributed by atoms with Crippen molar-refractivity contribution in [3.63, 3.8) is 0 Å². The number of hydrogen-bond acceptors (Lipinski definition) is 3. The van der Waals surface area contributed by atoms with E-state index in [-0.39, 0.29) is 33.0 Å². The lowest BCUT2D eigenvalue weighted by Gasteiger charge is -2.22. The summed E-state index contributed by atoms with van der Waals surface area (Å²) in [5.41, 5.74) is 6.10. The van der Waals surface area contributed by atoms with Crippen molar-refractivity contribution in [1.29, 1.82) is 0 Å². The van der Waals surface area contributed by atoms with Crippen LogP contribution in [0.25, 0.3) is 0 Å². The van der Waals surface area contributed by atoms with Crippen molar-refractivity contribution in [2.45, 2.75) is 52.3 Å². The molecule has 3 N–H and O–H groups in total. The molecule has 180 valence electrons. The zero-order chi connectivity index (χ0) is 24.1. The van der Waals surface area contributed by atoms with Crippen LogP contribution in [0.3, 0.4) is 0 Å². The van der Waals surface area contributed by atoms with Crippen LogP contribution in [0.2, 0.25) is 10.0 Å². The van der Waals surface area contributed by atoms with Gasteiger partial charge in [0.05, 0.1) is 25.0 Å². The minimum atomic E-state index is -0.585. The summed E-state index contributed by atoms with van der Waals surface area (Å²) in [6, 6.07) is 5.80.